The fraction of sp³-hybridized carbons (Fsp3) is 0.310. The molecule has 2 aromatic heterocycles. The van der Waals surface area contributed by atoms with Gasteiger partial charge < -0.3 is 30.5 Å². The van der Waals surface area contributed by atoms with Gasteiger partial charge in [0.2, 0.25) is 5.28 Å². The second-order valence-corrected chi connectivity index (χ2v) is 11.8. The molecule has 2 aliphatic heterocycles. The van der Waals surface area contributed by atoms with Gasteiger partial charge in [-0.3, -0.25) is 9.56 Å². The highest BCUT2D eigenvalue weighted by Crippen LogP contribution is 2.37. The number of alkyl halides is 1. The summed E-state index contributed by atoms with van der Waals surface area (Å²) in [5, 5.41) is 30.3. The van der Waals surface area contributed by atoms with Gasteiger partial charge in [0.25, 0.3) is 0 Å². The van der Waals surface area contributed by atoms with E-state index in [1.807, 2.05) is 0 Å². The van der Waals surface area contributed by atoms with Crippen LogP contribution in [0.25, 0.3) is 22.3 Å². The van der Waals surface area contributed by atoms with E-state index in [2.05, 4.69) is 19.9 Å². The van der Waals surface area contributed by atoms with Crippen LogP contribution in [0.15, 0.2) is 59.9 Å². The Morgan fingerprint density at radius 1 is 1.13 bits per heavy atom. The van der Waals surface area contributed by atoms with Crippen molar-refractivity contribution in [2.24, 2.45) is 4.99 Å². The molecule has 16 heteroatoms. The van der Waals surface area contributed by atoms with Crippen molar-refractivity contribution < 1.29 is 38.8 Å². The monoisotopic (exact) mass is 656 g/mol. The number of aromatic carboxylic acids is 1. The number of carbonyl (C=O) groups is 2. The van der Waals surface area contributed by atoms with Crippen LogP contribution in [0.2, 0.25) is 5.28 Å². The van der Waals surface area contributed by atoms with Crippen molar-refractivity contribution in [3.05, 3.63) is 71.3 Å². The van der Waals surface area contributed by atoms with Gasteiger partial charge in [-0.1, -0.05) is 36.4 Å². The molecule has 0 spiro atoms. The molecule has 0 aliphatic carbocycles. The highest BCUT2D eigenvalue weighted by atomic mass is 35.5. The van der Waals surface area contributed by atoms with Crippen LogP contribution >= 0.6 is 23.4 Å². The van der Waals surface area contributed by atoms with Crippen LogP contribution in [0.3, 0.4) is 0 Å². The molecular formula is C29H26ClFN6O7S. The number of rotatable bonds is 10. The Morgan fingerprint density at radius 3 is 2.44 bits per heavy atom. The van der Waals surface area contributed by atoms with E-state index >= 15 is 4.39 Å². The lowest BCUT2D eigenvalue weighted by Crippen LogP contribution is -2.54. The number of benzene rings is 2. The van der Waals surface area contributed by atoms with Crippen molar-refractivity contribution in [3.63, 3.8) is 0 Å². The van der Waals surface area contributed by atoms with E-state index in [-0.39, 0.29) is 34.2 Å². The standard InChI is InChI=1S/C29H26ClFN6O7S/c30-28-35-23(32)21-24(36-28)37(12-33-21)25-20(31)22(38)18(44-25)10-43-29(27(41)42,19-11-45-13-34-19)9-14-1-3-15(4-2-14)16-5-7-17(8-6-16)26(39)40/h1-8,12-13,18-20,22,25,38H,9-11H2,(H,39,40)(H,41,42)(H2,32,35,36)/t18-,19?,20+,22-,25-,29?/m1/s1. The molecule has 4 aromatic rings. The number of aliphatic imine (C=N–C) groups is 1. The first-order valence-corrected chi connectivity index (χ1v) is 15.1. The maximum absolute atomic E-state index is 15.4. The van der Waals surface area contributed by atoms with Crippen LogP contribution in [0.4, 0.5) is 10.2 Å². The molecule has 2 unspecified atom stereocenters. The molecule has 45 heavy (non-hydrogen) atoms. The average Bonchev–Trinajstić information content (AvgIpc) is 3.77. The number of aromatic nitrogens is 4. The van der Waals surface area contributed by atoms with Gasteiger partial charge in [0.1, 0.15) is 23.8 Å². The number of thioether (sulfide) groups is 1. The smallest absolute Gasteiger partial charge is 0.338 e. The number of halogens is 2. The van der Waals surface area contributed by atoms with Gasteiger partial charge in [-0.05, 0) is 40.4 Å². The topological polar surface area (TPSA) is 195 Å². The Hall–Kier alpha value is -4.15. The number of hydrogen-bond donors (Lipinski definition) is 4. The third-order valence-electron chi connectivity index (χ3n) is 7.85. The first-order chi connectivity index (χ1) is 21.6. The molecule has 6 atom stereocenters. The largest absolute Gasteiger partial charge is 0.479 e. The minimum atomic E-state index is -1.94. The minimum absolute atomic E-state index is 0.0112. The van der Waals surface area contributed by atoms with Crippen molar-refractivity contribution >= 4 is 57.8 Å². The Balaban J connectivity index is 1.23. The maximum Gasteiger partial charge on any atom is 0.338 e. The van der Waals surface area contributed by atoms with Crippen molar-refractivity contribution in [2.45, 2.75) is 42.7 Å². The molecule has 1 fully saturated rings. The van der Waals surface area contributed by atoms with Gasteiger partial charge in [0, 0.05) is 12.2 Å². The molecule has 6 rings (SSSR count). The normalized spacial score (nSPS) is 24.2. The van der Waals surface area contributed by atoms with Crippen LogP contribution in [-0.4, -0.2) is 94.7 Å². The number of nitrogens with two attached hydrogens (primary N) is 1. The second-order valence-electron chi connectivity index (χ2n) is 10.6. The summed E-state index contributed by atoms with van der Waals surface area (Å²) >= 11 is 7.27. The van der Waals surface area contributed by atoms with Crippen LogP contribution in [-0.2, 0) is 20.7 Å². The number of imidazole rings is 1. The maximum atomic E-state index is 15.4. The summed E-state index contributed by atoms with van der Waals surface area (Å²) in [7, 11) is 0. The SMILES string of the molecule is Nc1nc(Cl)nc2c1ncn2[C@@H]1O[C@H](COC(Cc2ccc(-c3ccc(C(=O)O)cc3)cc2)(C(=O)O)C2CSC=N2)[C@@H](O)[C@@H]1F. The van der Waals surface area contributed by atoms with Gasteiger partial charge >= 0.3 is 11.9 Å². The van der Waals surface area contributed by atoms with Gasteiger partial charge in [0.15, 0.2) is 29.5 Å². The van der Waals surface area contributed by atoms with Gasteiger partial charge in [0.05, 0.1) is 24.0 Å². The fourth-order valence-corrected chi connectivity index (χ4v) is 6.44. The van der Waals surface area contributed by atoms with E-state index < -0.39 is 54.8 Å². The van der Waals surface area contributed by atoms with E-state index in [4.69, 9.17) is 31.9 Å². The summed E-state index contributed by atoms with van der Waals surface area (Å²) < 4.78 is 28.6. The van der Waals surface area contributed by atoms with E-state index in [0.717, 1.165) is 11.1 Å². The summed E-state index contributed by atoms with van der Waals surface area (Å²) in [5.41, 5.74) is 8.21. The van der Waals surface area contributed by atoms with Gasteiger partial charge in [-0.2, -0.15) is 9.97 Å². The van der Waals surface area contributed by atoms with E-state index in [1.165, 1.54) is 34.8 Å². The number of anilines is 1. The zero-order valence-electron chi connectivity index (χ0n) is 23.2. The zero-order valence-corrected chi connectivity index (χ0v) is 24.8. The highest BCUT2D eigenvalue weighted by molar-refractivity contribution is 8.12. The van der Waals surface area contributed by atoms with Crippen LogP contribution < -0.4 is 5.73 Å². The molecule has 2 aliphatic rings. The lowest BCUT2D eigenvalue weighted by molar-refractivity contribution is -0.176. The quantitative estimate of drug-likeness (QED) is 0.182. The number of ether oxygens (including phenoxy) is 2. The first kappa shape index (κ1) is 30.9. The van der Waals surface area contributed by atoms with Crippen molar-refractivity contribution in [1.29, 1.82) is 0 Å². The molecule has 0 saturated carbocycles. The number of fused-ring (bicyclic) bond motifs is 1. The predicted octanol–water partition coefficient (Wildman–Crippen LogP) is 3.25. The number of nitrogen functional groups attached to an aromatic ring is 1. The molecule has 1 saturated heterocycles. The second kappa shape index (κ2) is 12.3. The molecule has 2 aromatic carbocycles. The summed E-state index contributed by atoms with van der Waals surface area (Å²) in [5.74, 6) is -1.97. The number of carboxylic acid groups (broad SMARTS) is 2. The Morgan fingerprint density at radius 2 is 1.82 bits per heavy atom. The Labute approximate surface area is 263 Å². The lowest BCUT2D eigenvalue weighted by atomic mass is 9.87. The summed E-state index contributed by atoms with van der Waals surface area (Å²) in [6, 6.07) is 12.7. The average molecular weight is 657 g/mol. The van der Waals surface area contributed by atoms with Crippen LogP contribution in [0.1, 0.15) is 22.1 Å². The number of hydrogen-bond acceptors (Lipinski definition) is 11. The van der Waals surface area contributed by atoms with E-state index in [0.29, 0.717) is 11.3 Å². The number of carboxylic acids is 2. The third kappa shape index (κ3) is 5.84. The Kier molecular flexibility index (Phi) is 8.45. The Bertz CT molecular complexity index is 1780. The predicted molar refractivity (Wildman–Crippen MR) is 163 cm³/mol. The number of aliphatic carboxylic acids is 1. The highest BCUT2D eigenvalue weighted by Gasteiger charge is 2.52. The zero-order chi connectivity index (χ0) is 31.9. The van der Waals surface area contributed by atoms with Crippen molar-refractivity contribution in [2.75, 3.05) is 18.1 Å². The van der Waals surface area contributed by atoms with Crippen LogP contribution in [0, 0.1) is 0 Å². The molecule has 0 bridgehead atoms. The van der Waals surface area contributed by atoms with Gasteiger partial charge in [-0.25, -0.2) is 19.0 Å². The molecule has 4 heterocycles. The van der Waals surface area contributed by atoms with Crippen molar-refractivity contribution in [3.8, 4) is 11.1 Å². The molecule has 0 amide bonds. The number of nitrogens with zero attached hydrogens (tertiary/aromatic N) is 5. The molecule has 13 nitrogen and oxygen atoms in total. The number of aliphatic hydroxyl groups is 1. The molecular weight excluding hydrogens is 631 g/mol. The fourth-order valence-electron chi connectivity index (χ4n) is 5.41. The lowest BCUT2D eigenvalue weighted by Gasteiger charge is -2.34. The summed E-state index contributed by atoms with van der Waals surface area (Å²) in [6.45, 7) is -0.459. The molecule has 0 radical (unpaired) electrons. The summed E-state index contributed by atoms with van der Waals surface area (Å²) in [4.78, 5) is 40.4. The summed E-state index contributed by atoms with van der Waals surface area (Å²) in [6.07, 6.45) is -5.07. The molecule has 234 valence electrons. The van der Waals surface area contributed by atoms with Crippen LogP contribution in [0.5, 0.6) is 0 Å². The number of aliphatic hydroxyl groups excluding tert-OH is 1. The van der Waals surface area contributed by atoms with Crippen molar-refractivity contribution in [1.82, 2.24) is 19.5 Å². The minimum Gasteiger partial charge on any atom is -0.479 e. The first-order valence-electron chi connectivity index (χ1n) is 13.6. The van der Waals surface area contributed by atoms with E-state index in [9.17, 15) is 19.8 Å². The molecule has 5 N–H and O–H groups in total. The third-order valence-corrected chi connectivity index (χ3v) is 8.80. The van der Waals surface area contributed by atoms with Gasteiger partial charge in [-0.15, -0.1) is 11.8 Å². The van der Waals surface area contributed by atoms with E-state index in [1.54, 1.807) is 41.9 Å².